The molecule has 11 heteroatoms. The van der Waals surface area contributed by atoms with Crippen molar-refractivity contribution in [1.29, 1.82) is 0 Å². The summed E-state index contributed by atoms with van der Waals surface area (Å²) >= 11 is 5.83. The number of carboxylic acids is 1. The van der Waals surface area contributed by atoms with Crippen LogP contribution in [0.5, 0.6) is 0 Å². The van der Waals surface area contributed by atoms with Gasteiger partial charge >= 0.3 is 5.97 Å². The third-order valence-corrected chi connectivity index (χ3v) is 6.95. The maximum absolute atomic E-state index is 12.7. The lowest BCUT2D eigenvalue weighted by Gasteiger charge is -2.28. The van der Waals surface area contributed by atoms with Gasteiger partial charge in [-0.05, 0) is 78.3 Å². The van der Waals surface area contributed by atoms with Crippen molar-refractivity contribution in [2.75, 3.05) is 6.61 Å². The molecule has 1 aliphatic carbocycles. The van der Waals surface area contributed by atoms with E-state index in [2.05, 4.69) is 9.56 Å². The molecule has 0 saturated carbocycles. The van der Waals surface area contributed by atoms with Gasteiger partial charge in [-0.2, -0.15) is 0 Å². The molecule has 0 radical (unpaired) electrons. The lowest BCUT2D eigenvalue weighted by atomic mass is 9.83. The number of benzene rings is 2. The molecule has 2 aromatic rings. The number of aliphatic carboxylic acids is 1. The zero-order valence-electron chi connectivity index (χ0n) is 16.9. The Morgan fingerprint density at radius 3 is 2.66 bits per heavy atom. The first-order valence-electron chi connectivity index (χ1n) is 9.75. The SMILES string of the molecule is O=C(O)C=Cc1c(CCO[N+](=O)[O-])ccc2c1CCC(NS(=O)(=O)c1ccc(Cl)cc1)C2. The Bertz CT molecular complexity index is 1150. The Labute approximate surface area is 189 Å². The van der Waals surface area contributed by atoms with E-state index in [9.17, 15) is 23.3 Å². The molecule has 0 aromatic heterocycles. The number of rotatable bonds is 9. The van der Waals surface area contributed by atoms with Crippen LogP contribution < -0.4 is 4.72 Å². The monoisotopic (exact) mass is 480 g/mol. The smallest absolute Gasteiger partial charge is 0.328 e. The summed E-state index contributed by atoms with van der Waals surface area (Å²) in [6, 6.07) is 9.18. The largest absolute Gasteiger partial charge is 0.478 e. The number of sulfonamides is 1. The Morgan fingerprint density at radius 1 is 1.28 bits per heavy atom. The summed E-state index contributed by atoms with van der Waals surface area (Å²) in [5.41, 5.74) is 3.20. The van der Waals surface area contributed by atoms with Crippen LogP contribution in [0.2, 0.25) is 5.02 Å². The number of carboxylic acid groups (broad SMARTS) is 1. The number of hydrogen-bond donors (Lipinski definition) is 2. The van der Waals surface area contributed by atoms with Gasteiger partial charge < -0.3 is 9.94 Å². The third-order valence-electron chi connectivity index (χ3n) is 5.16. The fourth-order valence-electron chi connectivity index (χ4n) is 3.74. The Morgan fingerprint density at radius 2 is 2.00 bits per heavy atom. The molecular weight excluding hydrogens is 460 g/mol. The number of hydrogen-bond acceptors (Lipinski definition) is 6. The minimum Gasteiger partial charge on any atom is -0.478 e. The number of halogens is 1. The summed E-state index contributed by atoms with van der Waals surface area (Å²) in [5, 5.41) is 19.0. The van der Waals surface area contributed by atoms with Crippen molar-refractivity contribution in [2.24, 2.45) is 0 Å². The van der Waals surface area contributed by atoms with Gasteiger partial charge in [-0.1, -0.05) is 23.7 Å². The first kappa shape index (κ1) is 23.7. The van der Waals surface area contributed by atoms with Crippen molar-refractivity contribution in [3.63, 3.8) is 0 Å². The van der Waals surface area contributed by atoms with Gasteiger partial charge in [0.25, 0.3) is 5.09 Å². The summed E-state index contributed by atoms with van der Waals surface area (Å²) in [7, 11) is -3.72. The fourth-order valence-corrected chi connectivity index (χ4v) is 5.14. The average molecular weight is 481 g/mol. The van der Waals surface area contributed by atoms with Crippen LogP contribution in [0.3, 0.4) is 0 Å². The zero-order valence-corrected chi connectivity index (χ0v) is 18.4. The van der Waals surface area contributed by atoms with Gasteiger partial charge in [-0.25, -0.2) is 17.9 Å². The highest BCUT2D eigenvalue weighted by Crippen LogP contribution is 2.29. The topological polar surface area (TPSA) is 136 Å². The molecular formula is C21H21ClN2O7S. The van der Waals surface area contributed by atoms with E-state index in [1.807, 2.05) is 6.07 Å². The van der Waals surface area contributed by atoms with E-state index in [0.717, 1.165) is 22.8 Å². The molecule has 0 amide bonds. The van der Waals surface area contributed by atoms with E-state index in [-0.39, 0.29) is 24.0 Å². The minimum absolute atomic E-state index is 0.124. The normalized spacial score (nSPS) is 16.0. The highest BCUT2D eigenvalue weighted by atomic mass is 35.5. The predicted molar refractivity (Wildman–Crippen MR) is 117 cm³/mol. The lowest BCUT2D eigenvalue weighted by molar-refractivity contribution is -0.757. The highest BCUT2D eigenvalue weighted by molar-refractivity contribution is 7.89. The van der Waals surface area contributed by atoms with Crippen molar-refractivity contribution in [3.8, 4) is 0 Å². The van der Waals surface area contributed by atoms with Crippen LogP contribution in [0.15, 0.2) is 47.4 Å². The summed E-state index contributed by atoms with van der Waals surface area (Å²) in [6.07, 6.45) is 4.19. The molecule has 3 rings (SSSR count). The van der Waals surface area contributed by atoms with E-state index < -0.39 is 21.1 Å². The molecule has 9 nitrogen and oxygen atoms in total. The van der Waals surface area contributed by atoms with Crippen LogP contribution in [0, 0.1) is 10.1 Å². The lowest BCUT2D eigenvalue weighted by Crippen LogP contribution is -2.39. The standard InChI is InChI=1S/C21H21ClN2O7S/c22-16-3-6-18(7-4-16)32(29,30)23-17-5-8-20-15(13-17)2-1-14(11-12-31-24(27)28)19(20)9-10-21(25)26/h1-4,6-7,9-10,17,23H,5,8,11-13H2,(H,25,26). The van der Waals surface area contributed by atoms with Gasteiger partial charge in [0, 0.05) is 17.1 Å². The number of fused-ring (bicyclic) bond motifs is 1. The fraction of sp³-hybridized carbons (Fsp3) is 0.286. The van der Waals surface area contributed by atoms with Crippen LogP contribution in [0.1, 0.15) is 28.7 Å². The van der Waals surface area contributed by atoms with Gasteiger partial charge in [0.15, 0.2) is 0 Å². The maximum Gasteiger partial charge on any atom is 0.328 e. The van der Waals surface area contributed by atoms with Gasteiger partial charge in [-0.3, -0.25) is 0 Å². The first-order chi connectivity index (χ1) is 15.2. The summed E-state index contributed by atoms with van der Waals surface area (Å²) in [6.45, 7) is -0.150. The molecule has 0 spiro atoms. The molecule has 0 bridgehead atoms. The van der Waals surface area contributed by atoms with Gasteiger partial charge in [-0.15, -0.1) is 10.1 Å². The van der Waals surface area contributed by atoms with E-state index in [0.29, 0.717) is 29.8 Å². The molecule has 2 N–H and O–H groups in total. The summed E-state index contributed by atoms with van der Waals surface area (Å²) in [4.78, 5) is 26.0. The molecule has 0 saturated heterocycles. The second-order valence-electron chi connectivity index (χ2n) is 7.27. The molecule has 0 fully saturated rings. The minimum atomic E-state index is -3.72. The van der Waals surface area contributed by atoms with Crippen LogP contribution >= 0.6 is 11.6 Å². The van der Waals surface area contributed by atoms with Crippen LogP contribution in [-0.2, 0) is 38.9 Å². The zero-order chi connectivity index (χ0) is 23.3. The summed E-state index contributed by atoms with van der Waals surface area (Å²) in [5.74, 6) is -1.11. The number of nitrogens with one attached hydrogen (secondary N) is 1. The highest BCUT2D eigenvalue weighted by Gasteiger charge is 2.26. The second kappa shape index (κ2) is 10.1. The van der Waals surface area contributed by atoms with Gasteiger partial charge in [0.05, 0.1) is 4.90 Å². The maximum atomic E-state index is 12.7. The van der Waals surface area contributed by atoms with Gasteiger partial charge in [0.1, 0.15) is 6.61 Å². The van der Waals surface area contributed by atoms with Gasteiger partial charge in [0.2, 0.25) is 10.0 Å². The number of carbonyl (C=O) groups is 1. The van der Waals surface area contributed by atoms with Crippen molar-refractivity contribution < 1.29 is 28.2 Å². The van der Waals surface area contributed by atoms with Crippen molar-refractivity contribution >= 4 is 33.7 Å². The van der Waals surface area contributed by atoms with Crippen LogP contribution in [0.4, 0.5) is 0 Å². The molecule has 32 heavy (non-hydrogen) atoms. The van der Waals surface area contributed by atoms with Crippen molar-refractivity contribution in [2.45, 2.75) is 36.6 Å². The van der Waals surface area contributed by atoms with Crippen LogP contribution in [0.25, 0.3) is 6.08 Å². The predicted octanol–water partition coefficient (Wildman–Crippen LogP) is 3.02. The molecule has 1 aliphatic rings. The quantitative estimate of drug-likeness (QED) is 0.320. The van der Waals surface area contributed by atoms with Crippen LogP contribution in [-0.4, -0.2) is 37.2 Å². The Kier molecular flexibility index (Phi) is 7.49. The van der Waals surface area contributed by atoms with E-state index in [4.69, 9.17) is 16.7 Å². The Balaban J connectivity index is 1.82. The van der Waals surface area contributed by atoms with Crippen molar-refractivity contribution in [1.82, 2.24) is 4.72 Å². The van der Waals surface area contributed by atoms with E-state index in [1.54, 1.807) is 6.07 Å². The molecule has 0 heterocycles. The third kappa shape index (κ3) is 6.06. The molecule has 170 valence electrons. The molecule has 1 unspecified atom stereocenters. The second-order valence-corrected chi connectivity index (χ2v) is 9.42. The molecule has 0 aliphatic heterocycles. The first-order valence-corrected chi connectivity index (χ1v) is 11.6. The van der Waals surface area contributed by atoms with E-state index in [1.165, 1.54) is 30.3 Å². The molecule has 2 aromatic carbocycles. The Hall–Kier alpha value is -2.95. The summed E-state index contributed by atoms with van der Waals surface area (Å²) < 4.78 is 28.1. The number of nitrogens with zero attached hydrogens (tertiary/aromatic N) is 1. The van der Waals surface area contributed by atoms with Crippen molar-refractivity contribution in [3.05, 3.63) is 79.9 Å². The molecule has 1 atom stereocenters. The average Bonchev–Trinajstić information content (AvgIpc) is 2.72. The van der Waals surface area contributed by atoms with E-state index >= 15 is 0 Å².